The van der Waals surface area contributed by atoms with E-state index in [2.05, 4.69) is 0 Å². The van der Waals surface area contributed by atoms with Crippen LogP contribution in [0.3, 0.4) is 0 Å². The highest BCUT2D eigenvalue weighted by Gasteiger charge is 2.29. The second-order valence-electron chi connectivity index (χ2n) is 4.75. The summed E-state index contributed by atoms with van der Waals surface area (Å²) in [6, 6.07) is -0.342. The molecule has 0 spiro atoms. The average molecular weight is 258 g/mol. The molecule has 104 valence electrons. The Balaban J connectivity index is 2.67. The van der Waals surface area contributed by atoms with E-state index in [9.17, 15) is 9.59 Å². The van der Waals surface area contributed by atoms with Crippen molar-refractivity contribution >= 4 is 12.0 Å². The molecule has 0 bridgehead atoms. The molecule has 1 fully saturated rings. The van der Waals surface area contributed by atoms with Gasteiger partial charge in [0, 0.05) is 19.1 Å². The number of ether oxygens (including phenoxy) is 1. The van der Waals surface area contributed by atoms with Crippen LogP contribution in [0.25, 0.3) is 0 Å². The molecule has 0 aromatic carbocycles. The first-order valence-corrected chi connectivity index (χ1v) is 6.34. The number of carbonyl (C=O) groups excluding carboxylic acids is 1. The Hall–Kier alpha value is -1.30. The van der Waals surface area contributed by atoms with Crippen molar-refractivity contribution in [3.63, 3.8) is 0 Å². The zero-order valence-corrected chi connectivity index (χ0v) is 11.3. The van der Waals surface area contributed by atoms with Crippen LogP contribution in [-0.2, 0) is 9.53 Å². The molecule has 18 heavy (non-hydrogen) atoms. The van der Waals surface area contributed by atoms with Crippen molar-refractivity contribution < 1.29 is 19.4 Å². The van der Waals surface area contributed by atoms with Gasteiger partial charge < -0.3 is 19.6 Å². The summed E-state index contributed by atoms with van der Waals surface area (Å²) in [5.41, 5.74) is 0. The van der Waals surface area contributed by atoms with Gasteiger partial charge in [0.15, 0.2) is 0 Å². The fourth-order valence-corrected chi connectivity index (χ4v) is 1.94. The molecule has 1 rings (SSSR count). The number of carboxylic acid groups (broad SMARTS) is 1. The third kappa shape index (κ3) is 3.87. The van der Waals surface area contributed by atoms with Crippen LogP contribution < -0.4 is 0 Å². The first-order chi connectivity index (χ1) is 8.45. The van der Waals surface area contributed by atoms with Gasteiger partial charge in [-0.1, -0.05) is 6.92 Å². The fourth-order valence-electron chi connectivity index (χ4n) is 1.94. The number of carbonyl (C=O) groups is 2. The summed E-state index contributed by atoms with van der Waals surface area (Å²) >= 11 is 0. The second kappa shape index (κ2) is 6.58. The van der Waals surface area contributed by atoms with Crippen LogP contribution in [0.5, 0.6) is 0 Å². The minimum Gasteiger partial charge on any atom is -0.480 e. The molecule has 0 aromatic rings. The van der Waals surface area contributed by atoms with E-state index in [0.717, 1.165) is 6.42 Å². The van der Waals surface area contributed by atoms with Crippen molar-refractivity contribution in [1.82, 2.24) is 9.80 Å². The monoisotopic (exact) mass is 258 g/mol. The molecule has 6 nitrogen and oxygen atoms in total. The quantitative estimate of drug-likeness (QED) is 0.817. The number of nitrogens with zero attached hydrogens (tertiary/aromatic N) is 2. The van der Waals surface area contributed by atoms with Crippen LogP contribution >= 0.6 is 0 Å². The van der Waals surface area contributed by atoms with Gasteiger partial charge in [-0.3, -0.25) is 4.79 Å². The molecule has 1 aliphatic heterocycles. The number of aliphatic carboxylic acids is 1. The van der Waals surface area contributed by atoms with Gasteiger partial charge in [0.1, 0.15) is 6.54 Å². The number of hydrogen-bond donors (Lipinski definition) is 1. The van der Waals surface area contributed by atoms with Crippen molar-refractivity contribution in [3.05, 3.63) is 0 Å². The molecule has 0 aliphatic carbocycles. The van der Waals surface area contributed by atoms with E-state index >= 15 is 0 Å². The van der Waals surface area contributed by atoms with Crippen LogP contribution in [-0.4, -0.2) is 65.3 Å². The van der Waals surface area contributed by atoms with E-state index in [1.54, 1.807) is 4.90 Å². The maximum absolute atomic E-state index is 12.3. The van der Waals surface area contributed by atoms with Gasteiger partial charge in [-0.15, -0.1) is 0 Å². The first-order valence-electron chi connectivity index (χ1n) is 6.34. The Morgan fingerprint density at radius 3 is 2.67 bits per heavy atom. The Morgan fingerprint density at radius 2 is 2.17 bits per heavy atom. The number of rotatable bonds is 4. The maximum Gasteiger partial charge on any atom is 0.323 e. The molecule has 1 heterocycles. The van der Waals surface area contributed by atoms with Crippen LogP contribution in [0.4, 0.5) is 4.79 Å². The molecule has 1 unspecified atom stereocenters. The second-order valence-corrected chi connectivity index (χ2v) is 4.75. The van der Waals surface area contributed by atoms with Gasteiger partial charge in [0.25, 0.3) is 0 Å². The van der Waals surface area contributed by atoms with E-state index in [-0.39, 0.29) is 24.7 Å². The lowest BCUT2D eigenvalue weighted by molar-refractivity contribution is -0.138. The summed E-state index contributed by atoms with van der Waals surface area (Å²) < 4.78 is 5.50. The van der Waals surface area contributed by atoms with Crippen LogP contribution in [0.15, 0.2) is 0 Å². The summed E-state index contributed by atoms with van der Waals surface area (Å²) in [7, 11) is 0. The number of amides is 2. The predicted octanol–water partition coefficient (Wildman–Crippen LogP) is 1.01. The Labute approximate surface area is 107 Å². The lowest BCUT2D eigenvalue weighted by Crippen LogP contribution is -2.53. The summed E-state index contributed by atoms with van der Waals surface area (Å²) in [5.74, 6) is -0.989. The third-order valence-electron chi connectivity index (χ3n) is 3.04. The standard InChI is InChI=1S/C12H22N2O4/c1-4-10-7-13(5-6-18-10)12(17)14(9(2)3)8-11(15)16/h9-10H,4-8H2,1-3H3,(H,15,16). The van der Waals surface area contributed by atoms with Gasteiger partial charge in [-0.25, -0.2) is 4.79 Å². The van der Waals surface area contributed by atoms with Crippen molar-refractivity contribution in [2.45, 2.75) is 39.3 Å². The van der Waals surface area contributed by atoms with Gasteiger partial charge in [-0.05, 0) is 20.3 Å². The average Bonchev–Trinajstić information content (AvgIpc) is 2.34. The molecule has 2 amide bonds. The summed E-state index contributed by atoms with van der Waals surface area (Å²) in [4.78, 5) is 26.1. The van der Waals surface area contributed by atoms with E-state index in [1.165, 1.54) is 4.90 Å². The minimum absolute atomic E-state index is 0.0570. The summed E-state index contributed by atoms with van der Waals surface area (Å²) in [5, 5.41) is 8.84. The van der Waals surface area contributed by atoms with Crippen molar-refractivity contribution in [1.29, 1.82) is 0 Å². The number of morpholine rings is 1. The topological polar surface area (TPSA) is 70.1 Å². The molecule has 1 saturated heterocycles. The smallest absolute Gasteiger partial charge is 0.323 e. The summed E-state index contributed by atoms with van der Waals surface area (Å²) in [6.45, 7) is 6.97. The van der Waals surface area contributed by atoms with Crippen molar-refractivity contribution in [2.24, 2.45) is 0 Å². The SMILES string of the molecule is CCC1CN(C(=O)N(CC(=O)O)C(C)C)CCO1. The maximum atomic E-state index is 12.3. The molecule has 1 N–H and O–H groups in total. The molecule has 0 radical (unpaired) electrons. The minimum atomic E-state index is -0.989. The molecule has 0 saturated carbocycles. The van der Waals surface area contributed by atoms with Crippen molar-refractivity contribution in [3.8, 4) is 0 Å². The summed E-state index contributed by atoms with van der Waals surface area (Å²) in [6.07, 6.45) is 0.909. The fraction of sp³-hybridized carbons (Fsp3) is 0.833. The third-order valence-corrected chi connectivity index (χ3v) is 3.04. The van der Waals surface area contributed by atoms with Crippen LogP contribution in [0, 0.1) is 0 Å². The highest BCUT2D eigenvalue weighted by atomic mass is 16.5. The highest BCUT2D eigenvalue weighted by molar-refractivity contribution is 5.80. The molecule has 6 heteroatoms. The Morgan fingerprint density at radius 1 is 1.50 bits per heavy atom. The first kappa shape index (κ1) is 14.8. The lowest BCUT2D eigenvalue weighted by Gasteiger charge is -2.37. The number of hydrogen-bond acceptors (Lipinski definition) is 3. The molecule has 1 atom stereocenters. The van der Waals surface area contributed by atoms with E-state index in [0.29, 0.717) is 19.7 Å². The van der Waals surface area contributed by atoms with Crippen LogP contribution in [0.1, 0.15) is 27.2 Å². The Kier molecular flexibility index (Phi) is 5.40. The van der Waals surface area contributed by atoms with Gasteiger partial charge in [0.05, 0.1) is 12.7 Å². The van der Waals surface area contributed by atoms with Gasteiger partial charge >= 0.3 is 12.0 Å². The largest absolute Gasteiger partial charge is 0.480 e. The van der Waals surface area contributed by atoms with E-state index in [1.807, 2.05) is 20.8 Å². The lowest BCUT2D eigenvalue weighted by atomic mass is 10.2. The molecule has 1 aliphatic rings. The Bertz CT molecular complexity index is 306. The van der Waals surface area contributed by atoms with Gasteiger partial charge in [0.2, 0.25) is 0 Å². The predicted molar refractivity (Wildman–Crippen MR) is 66.5 cm³/mol. The van der Waals surface area contributed by atoms with Crippen molar-refractivity contribution in [2.75, 3.05) is 26.2 Å². The molecular formula is C12H22N2O4. The number of carboxylic acids is 1. The molecular weight excluding hydrogens is 236 g/mol. The highest BCUT2D eigenvalue weighted by Crippen LogP contribution is 2.12. The van der Waals surface area contributed by atoms with Gasteiger partial charge in [-0.2, -0.15) is 0 Å². The van der Waals surface area contributed by atoms with E-state index in [4.69, 9.17) is 9.84 Å². The normalized spacial score (nSPS) is 20.0. The zero-order valence-electron chi connectivity index (χ0n) is 11.3. The molecule has 0 aromatic heterocycles. The van der Waals surface area contributed by atoms with Crippen LogP contribution in [0.2, 0.25) is 0 Å². The zero-order chi connectivity index (χ0) is 13.7. The number of urea groups is 1. The van der Waals surface area contributed by atoms with E-state index < -0.39 is 5.97 Å².